The number of anilines is 1. The monoisotopic (exact) mass is 267 g/mol. The molecule has 0 spiro atoms. The molecule has 0 aliphatic carbocycles. The molecule has 5 nitrogen and oxygen atoms in total. The summed E-state index contributed by atoms with van der Waals surface area (Å²) >= 11 is 0. The SMILES string of the molecule is CC(C)c1cc(C(=O)Nc2ncc(F)cc2F)no1. The zero-order valence-corrected chi connectivity index (χ0v) is 10.3. The lowest BCUT2D eigenvalue weighted by Gasteiger charge is -2.02. The van der Waals surface area contributed by atoms with Crippen LogP contribution in [0.25, 0.3) is 0 Å². The first kappa shape index (κ1) is 13.1. The van der Waals surface area contributed by atoms with Gasteiger partial charge in [0, 0.05) is 18.1 Å². The average molecular weight is 267 g/mol. The molecule has 0 aromatic carbocycles. The van der Waals surface area contributed by atoms with Crippen molar-refractivity contribution in [2.75, 3.05) is 5.32 Å². The van der Waals surface area contributed by atoms with E-state index in [1.165, 1.54) is 6.07 Å². The van der Waals surface area contributed by atoms with Gasteiger partial charge in [0.2, 0.25) is 0 Å². The molecule has 0 atom stereocenters. The quantitative estimate of drug-likeness (QED) is 0.928. The lowest BCUT2D eigenvalue weighted by Crippen LogP contribution is -2.14. The predicted octanol–water partition coefficient (Wildman–Crippen LogP) is 2.72. The molecule has 7 heteroatoms. The first-order valence-electron chi connectivity index (χ1n) is 5.56. The second-order valence-corrected chi connectivity index (χ2v) is 4.21. The number of rotatable bonds is 3. The molecule has 2 aromatic rings. The number of carbonyl (C=O) groups excluding carboxylic acids is 1. The van der Waals surface area contributed by atoms with E-state index < -0.39 is 17.5 Å². The van der Waals surface area contributed by atoms with Crippen molar-refractivity contribution >= 4 is 11.7 Å². The Bertz CT molecular complexity index is 611. The third-order valence-electron chi connectivity index (χ3n) is 2.37. The first-order valence-corrected chi connectivity index (χ1v) is 5.56. The van der Waals surface area contributed by atoms with Crippen LogP contribution in [-0.2, 0) is 0 Å². The van der Waals surface area contributed by atoms with Crippen LogP contribution in [-0.4, -0.2) is 16.0 Å². The van der Waals surface area contributed by atoms with E-state index >= 15 is 0 Å². The Kier molecular flexibility index (Phi) is 3.55. The maximum absolute atomic E-state index is 13.3. The normalized spacial score (nSPS) is 10.8. The molecule has 2 aromatic heterocycles. The molecule has 100 valence electrons. The summed E-state index contributed by atoms with van der Waals surface area (Å²) in [7, 11) is 0. The zero-order chi connectivity index (χ0) is 14.0. The number of pyridine rings is 1. The van der Waals surface area contributed by atoms with E-state index in [4.69, 9.17) is 4.52 Å². The number of carbonyl (C=O) groups is 1. The van der Waals surface area contributed by atoms with Crippen LogP contribution < -0.4 is 5.32 Å². The minimum Gasteiger partial charge on any atom is -0.360 e. The fourth-order valence-electron chi connectivity index (χ4n) is 1.35. The molecule has 0 bridgehead atoms. The van der Waals surface area contributed by atoms with Crippen molar-refractivity contribution in [2.45, 2.75) is 19.8 Å². The van der Waals surface area contributed by atoms with Crippen LogP contribution in [0, 0.1) is 11.6 Å². The molecular formula is C12H11F2N3O2. The Hall–Kier alpha value is -2.31. The molecular weight excluding hydrogens is 256 g/mol. The van der Waals surface area contributed by atoms with Gasteiger partial charge >= 0.3 is 0 Å². The summed E-state index contributed by atoms with van der Waals surface area (Å²) in [4.78, 5) is 15.2. The number of amides is 1. The summed E-state index contributed by atoms with van der Waals surface area (Å²) in [6.45, 7) is 3.76. The summed E-state index contributed by atoms with van der Waals surface area (Å²) in [5.41, 5.74) is 0.00854. The molecule has 0 unspecified atom stereocenters. The Morgan fingerprint density at radius 3 is 2.68 bits per heavy atom. The maximum Gasteiger partial charge on any atom is 0.279 e. The van der Waals surface area contributed by atoms with Crippen LogP contribution in [0.4, 0.5) is 14.6 Å². The van der Waals surface area contributed by atoms with E-state index in [1.807, 2.05) is 13.8 Å². The Balaban J connectivity index is 2.16. The molecule has 0 aliphatic heterocycles. The van der Waals surface area contributed by atoms with Gasteiger partial charge in [-0.05, 0) is 0 Å². The molecule has 0 fully saturated rings. The molecule has 0 saturated carbocycles. The first-order chi connectivity index (χ1) is 8.97. The highest BCUT2D eigenvalue weighted by molar-refractivity contribution is 6.02. The Labute approximate surface area is 107 Å². The minimum absolute atomic E-state index is 0.00854. The summed E-state index contributed by atoms with van der Waals surface area (Å²) in [5.74, 6) is -2.19. The molecule has 19 heavy (non-hydrogen) atoms. The second-order valence-electron chi connectivity index (χ2n) is 4.21. The van der Waals surface area contributed by atoms with Gasteiger partial charge in [0.25, 0.3) is 5.91 Å². The van der Waals surface area contributed by atoms with Crippen molar-refractivity contribution in [1.29, 1.82) is 0 Å². The number of nitrogens with zero attached hydrogens (tertiary/aromatic N) is 2. The Morgan fingerprint density at radius 2 is 2.11 bits per heavy atom. The van der Waals surface area contributed by atoms with Crippen molar-refractivity contribution in [2.24, 2.45) is 0 Å². The topological polar surface area (TPSA) is 68.0 Å². The number of nitrogens with one attached hydrogen (secondary N) is 1. The van der Waals surface area contributed by atoms with Gasteiger partial charge in [-0.15, -0.1) is 0 Å². The highest BCUT2D eigenvalue weighted by atomic mass is 19.1. The molecule has 2 rings (SSSR count). The van der Waals surface area contributed by atoms with Gasteiger partial charge in [0.15, 0.2) is 17.3 Å². The Morgan fingerprint density at radius 1 is 1.37 bits per heavy atom. The number of hydrogen-bond donors (Lipinski definition) is 1. The van der Waals surface area contributed by atoms with E-state index in [9.17, 15) is 13.6 Å². The van der Waals surface area contributed by atoms with Crippen LogP contribution in [0.5, 0.6) is 0 Å². The van der Waals surface area contributed by atoms with Gasteiger partial charge in [0.05, 0.1) is 6.20 Å². The summed E-state index contributed by atoms with van der Waals surface area (Å²) in [5, 5.41) is 5.76. The number of hydrogen-bond acceptors (Lipinski definition) is 4. The molecule has 0 saturated heterocycles. The number of aromatic nitrogens is 2. The van der Waals surface area contributed by atoms with Gasteiger partial charge in [-0.25, -0.2) is 13.8 Å². The molecule has 0 radical (unpaired) electrons. The highest BCUT2D eigenvalue weighted by Crippen LogP contribution is 2.17. The van der Waals surface area contributed by atoms with Crippen LogP contribution in [0.2, 0.25) is 0 Å². The molecule has 1 amide bonds. The highest BCUT2D eigenvalue weighted by Gasteiger charge is 2.16. The lowest BCUT2D eigenvalue weighted by molar-refractivity contribution is 0.101. The van der Waals surface area contributed by atoms with Crippen molar-refractivity contribution in [3.8, 4) is 0 Å². The van der Waals surface area contributed by atoms with Crippen LogP contribution in [0.1, 0.15) is 36.0 Å². The fraction of sp³-hybridized carbons (Fsp3) is 0.250. The van der Waals surface area contributed by atoms with Gasteiger partial charge in [-0.1, -0.05) is 19.0 Å². The van der Waals surface area contributed by atoms with Crippen molar-refractivity contribution in [3.63, 3.8) is 0 Å². The summed E-state index contributed by atoms with van der Waals surface area (Å²) < 4.78 is 30.9. The standard InChI is InChI=1S/C12H11F2N3O2/c1-6(2)10-4-9(17-19-10)12(18)16-11-8(14)3-7(13)5-15-11/h3-6H,1-2H3,(H,15,16,18). The fourth-order valence-corrected chi connectivity index (χ4v) is 1.35. The third-order valence-corrected chi connectivity index (χ3v) is 2.37. The number of halogens is 2. The van der Waals surface area contributed by atoms with Crippen molar-refractivity contribution in [3.05, 3.63) is 41.4 Å². The van der Waals surface area contributed by atoms with E-state index in [-0.39, 0.29) is 17.4 Å². The van der Waals surface area contributed by atoms with Crippen molar-refractivity contribution in [1.82, 2.24) is 10.1 Å². The summed E-state index contributed by atoms with van der Waals surface area (Å²) in [6.07, 6.45) is 0.807. The van der Waals surface area contributed by atoms with Crippen molar-refractivity contribution < 1.29 is 18.1 Å². The van der Waals surface area contributed by atoms with Crippen LogP contribution >= 0.6 is 0 Å². The minimum atomic E-state index is -0.957. The second kappa shape index (κ2) is 5.13. The predicted molar refractivity (Wildman–Crippen MR) is 62.7 cm³/mol. The van der Waals surface area contributed by atoms with E-state index in [0.717, 1.165) is 6.20 Å². The van der Waals surface area contributed by atoms with Crippen LogP contribution in [0.3, 0.4) is 0 Å². The van der Waals surface area contributed by atoms with E-state index in [2.05, 4.69) is 15.5 Å². The molecule has 1 N–H and O–H groups in total. The van der Waals surface area contributed by atoms with E-state index in [1.54, 1.807) is 0 Å². The molecule has 2 heterocycles. The lowest BCUT2D eigenvalue weighted by atomic mass is 10.1. The third kappa shape index (κ3) is 2.93. The molecule has 0 aliphatic rings. The van der Waals surface area contributed by atoms with Gasteiger partial charge < -0.3 is 9.84 Å². The smallest absolute Gasteiger partial charge is 0.279 e. The van der Waals surface area contributed by atoms with Gasteiger partial charge in [-0.3, -0.25) is 4.79 Å². The zero-order valence-electron chi connectivity index (χ0n) is 10.3. The van der Waals surface area contributed by atoms with Gasteiger partial charge in [0.1, 0.15) is 11.6 Å². The largest absolute Gasteiger partial charge is 0.360 e. The average Bonchev–Trinajstić information content (AvgIpc) is 2.82. The maximum atomic E-state index is 13.3. The summed E-state index contributed by atoms with van der Waals surface area (Å²) in [6, 6.07) is 2.09. The van der Waals surface area contributed by atoms with E-state index in [0.29, 0.717) is 11.8 Å². The van der Waals surface area contributed by atoms with Gasteiger partial charge in [-0.2, -0.15) is 0 Å². The van der Waals surface area contributed by atoms with Crippen LogP contribution in [0.15, 0.2) is 22.9 Å².